The van der Waals surface area contributed by atoms with Crippen LogP contribution in [0.15, 0.2) is 35.7 Å². The summed E-state index contributed by atoms with van der Waals surface area (Å²) in [7, 11) is 1.61. The minimum absolute atomic E-state index is 0.0690. The van der Waals surface area contributed by atoms with E-state index >= 15 is 0 Å². The normalized spacial score (nSPS) is 12.2. The minimum Gasteiger partial charge on any atom is -0.497 e. The lowest BCUT2D eigenvalue weighted by atomic mass is 10.1. The number of rotatable bonds is 4. The molecule has 0 N–H and O–H groups in total. The summed E-state index contributed by atoms with van der Waals surface area (Å²) < 4.78 is 5.08. The highest BCUT2D eigenvalue weighted by Crippen LogP contribution is 2.32. The second-order valence-corrected chi connectivity index (χ2v) is 5.84. The summed E-state index contributed by atoms with van der Waals surface area (Å²) in [4.78, 5) is 13.0. The van der Waals surface area contributed by atoms with Crippen LogP contribution in [0.5, 0.6) is 5.75 Å². The van der Waals surface area contributed by atoms with E-state index in [0.717, 1.165) is 10.6 Å². The number of aryl methyl sites for hydroxylation is 1. The van der Waals surface area contributed by atoms with E-state index < -0.39 is 0 Å². The molecule has 0 radical (unpaired) electrons. The Morgan fingerprint density at radius 2 is 2.00 bits per heavy atom. The Bertz CT molecular complexity index is 545. The number of alkyl halides is 1. The highest BCUT2D eigenvalue weighted by atomic mass is 79.9. The molecule has 1 heterocycles. The van der Waals surface area contributed by atoms with Crippen LogP contribution in [0.4, 0.5) is 0 Å². The second kappa shape index (κ2) is 5.67. The van der Waals surface area contributed by atoms with Crippen molar-refractivity contribution in [1.29, 1.82) is 0 Å². The number of thiophene rings is 1. The van der Waals surface area contributed by atoms with Crippen LogP contribution in [-0.4, -0.2) is 12.9 Å². The van der Waals surface area contributed by atoms with E-state index in [9.17, 15) is 4.79 Å². The van der Waals surface area contributed by atoms with Crippen molar-refractivity contribution in [2.45, 2.75) is 11.8 Å². The number of ketones is 1. The highest BCUT2D eigenvalue weighted by molar-refractivity contribution is 9.09. The van der Waals surface area contributed by atoms with Crippen molar-refractivity contribution in [3.8, 4) is 5.75 Å². The van der Waals surface area contributed by atoms with Crippen molar-refractivity contribution in [3.05, 3.63) is 51.7 Å². The molecule has 0 saturated carbocycles. The van der Waals surface area contributed by atoms with Crippen LogP contribution in [0.1, 0.15) is 25.6 Å². The molecule has 2 aromatic rings. The predicted octanol–water partition coefficient (Wildman–Crippen LogP) is 4.38. The monoisotopic (exact) mass is 324 g/mol. The molecule has 1 atom stereocenters. The zero-order chi connectivity index (χ0) is 13.1. The molecule has 94 valence electrons. The summed E-state index contributed by atoms with van der Waals surface area (Å²) in [6, 6.07) is 9.20. The second-order valence-electron chi connectivity index (χ2n) is 3.98. The molecule has 0 aliphatic rings. The third-order valence-corrected chi connectivity index (χ3v) is 4.93. The van der Waals surface area contributed by atoms with E-state index in [1.165, 1.54) is 5.56 Å². The van der Waals surface area contributed by atoms with Crippen molar-refractivity contribution in [1.82, 2.24) is 0 Å². The van der Waals surface area contributed by atoms with Gasteiger partial charge in [-0.25, -0.2) is 0 Å². The molecule has 2 nitrogen and oxygen atoms in total. The number of Topliss-reactive ketones (excluding diaryl/α,β-unsaturated/α-hetero) is 1. The summed E-state index contributed by atoms with van der Waals surface area (Å²) in [6.45, 7) is 2.03. The van der Waals surface area contributed by atoms with Crippen LogP contribution in [0.3, 0.4) is 0 Å². The maximum absolute atomic E-state index is 12.3. The fraction of sp³-hybridized carbons (Fsp3) is 0.214. The Labute approximate surface area is 119 Å². The van der Waals surface area contributed by atoms with Crippen molar-refractivity contribution in [3.63, 3.8) is 0 Å². The minimum atomic E-state index is -0.274. The van der Waals surface area contributed by atoms with E-state index in [0.29, 0.717) is 5.56 Å². The first kappa shape index (κ1) is 13.3. The molecule has 0 spiro atoms. The molecule has 0 aliphatic carbocycles. The van der Waals surface area contributed by atoms with E-state index in [1.54, 1.807) is 42.7 Å². The zero-order valence-corrected chi connectivity index (χ0v) is 12.5. The SMILES string of the molecule is COc1ccc(C(=O)C(Br)c2cc(C)cs2)cc1. The molecule has 1 aromatic carbocycles. The summed E-state index contributed by atoms with van der Waals surface area (Å²) in [5.74, 6) is 0.823. The number of benzene rings is 1. The number of carbonyl (C=O) groups is 1. The first-order valence-corrected chi connectivity index (χ1v) is 7.28. The Kier molecular flexibility index (Phi) is 4.19. The third kappa shape index (κ3) is 2.82. The fourth-order valence-electron chi connectivity index (χ4n) is 1.62. The van der Waals surface area contributed by atoms with Gasteiger partial charge in [-0.3, -0.25) is 4.79 Å². The Balaban J connectivity index is 2.19. The first-order valence-electron chi connectivity index (χ1n) is 5.49. The summed E-state index contributed by atoms with van der Waals surface area (Å²) in [6.07, 6.45) is 0. The van der Waals surface area contributed by atoms with Gasteiger partial charge in [-0.2, -0.15) is 0 Å². The van der Waals surface area contributed by atoms with E-state index in [1.807, 2.05) is 18.4 Å². The maximum atomic E-state index is 12.3. The van der Waals surface area contributed by atoms with Gasteiger partial charge in [-0.1, -0.05) is 15.9 Å². The quantitative estimate of drug-likeness (QED) is 0.616. The lowest BCUT2D eigenvalue weighted by Crippen LogP contribution is -2.05. The molecule has 0 saturated heterocycles. The lowest BCUT2D eigenvalue weighted by molar-refractivity contribution is 0.0992. The number of ether oxygens (including phenoxy) is 1. The van der Waals surface area contributed by atoms with Gasteiger partial charge in [0.2, 0.25) is 0 Å². The van der Waals surface area contributed by atoms with Crippen LogP contribution >= 0.6 is 27.3 Å². The van der Waals surface area contributed by atoms with Gasteiger partial charge < -0.3 is 4.74 Å². The summed E-state index contributed by atoms with van der Waals surface area (Å²) in [5, 5.41) is 2.05. The fourth-order valence-corrected chi connectivity index (χ4v) is 3.21. The highest BCUT2D eigenvalue weighted by Gasteiger charge is 2.20. The summed E-state index contributed by atoms with van der Waals surface area (Å²) in [5.41, 5.74) is 1.87. The van der Waals surface area contributed by atoms with Crippen LogP contribution in [0, 0.1) is 6.92 Å². The number of methoxy groups -OCH3 is 1. The van der Waals surface area contributed by atoms with Crippen molar-refractivity contribution < 1.29 is 9.53 Å². The molecule has 4 heteroatoms. The standard InChI is InChI=1S/C14H13BrO2S/c1-9-7-12(18-8-9)13(15)14(16)10-3-5-11(17-2)6-4-10/h3-8,13H,1-2H3. The maximum Gasteiger partial charge on any atom is 0.181 e. The lowest BCUT2D eigenvalue weighted by Gasteiger charge is -2.07. The van der Waals surface area contributed by atoms with E-state index in [2.05, 4.69) is 15.9 Å². The van der Waals surface area contributed by atoms with Gasteiger partial charge in [-0.15, -0.1) is 11.3 Å². The van der Waals surface area contributed by atoms with E-state index in [-0.39, 0.29) is 10.6 Å². The van der Waals surface area contributed by atoms with Crippen molar-refractivity contribution >= 4 is 33.0 Å². The third-order valence-electron chi connectivity index (χ3n) is 2.61. The number of halogens is 1. The zero-order valence-electron chi connectivity index (χ0n) is 10.1. The van der Waals surface area contributed by atoms with Gasteiger partial charge in [0.15, 0.2) is 5.78 Å². The largest absolute Gasteiger partial charge is 0.497 e. The molecule has 0 bridgehead atoms. The molecule has 1 unspecified atom stereocenters. The summed E-state index contributed by atoms with van der Waals surface area (Å²) >= 11 is 5.06. The van der Waals surface area contributed by atoms with Crippen LogP contribution in [0.25, 0.3) is 0 Å². The number of hydrogen-bond acceptors (Lipinski definition) is 3. The van der Waals surface area contributed by atoms with Gasteiger partial charge in [0, 0.05) is 10.4 Å². The van der Waals surface area contributed by atoms with Crippen molar-refractivity contribution in [2.75, 3.05) is 7.11 Å². The van der Waals surface area contributed by atoms with Gasteiger partial charge in [0.25, 0.3) is 0 Å². The van der Waals surface area contributed by atoms with Crippen molar-refractivity contribution in [2.24, 2.45) is 0 Å². The number of hydrogen-bond donors (Lipinski definition) is 0. The van der Waals surface area contributed by atoms with Gasteiger partial charge in [-0.05, 0) is 48.2 Å². The Morgan fingerprint density at radius 3 is 2.50 bits per heavy atom. The Morgan fingerprint density at radius 1 is 1.33 bits per heavy atom. The molecular weight excluding hydrogens is 312 g/mol. The number of carbonyl (C=O) groups excluding carboxylic acids is 1. The Hall–Kier alpha value is -1.13. The molecule has 0 fully saturated rings. The van der Waals surface area contributed by atoms with Gasteiger partial charge >= 0.3 is 0 Å². The molecule has 0 amide bonds. The molecule has 18 heavy (non-hydrogen) atoms. The van der Waals surface area contributed by atoms with Crippen LogP contribution < -0.4 is 4.74 Å². The van der Waals surface area contributed by atoms with E-state index in [4.69, 9.17) is 4.74 Å². The molecule has 0 aliphatic heterocycles. The smallest absolute Gasteiger partial charge is 0.181 e. The topological polar surface area (TPSA) is 26.3 Å². The van der Waals surface area contributed by atoms with Crippen LogP contribution in [0.2, 0.25) is 0 Å². The van der Waals surface area contributed by atoms with Gasteiger partial charge in [0.1, 0.15) is 10.6 Å². The van der Waals surface area contributed by atoms with Gasteiger partial charge in [0.05, 0.1) is 7.11 Å². The molecule has 2 rings (SSSR count). The molecular formula is C14H13BrO2S. The molecule has 1 aromatic heterocycles. The average Bonchev–Trinajstić information content (AvgIpc) is 2.84. The van der Waals surface area contributed by atoms with Crippen LogP contribution in [-0.2, 0) is 0 Å². The average molecular weight is 325 g/mol. The first-order chi connectivity index (χ1) is 8.61. The predicted molar refractivity (Wildman–Crippen MR) is 78.0 cm³/mol.